The standard InChI is InChI=1S/6C5H5NO.3BrH.Dy.2H2O/c6*7-6-4-2-1-3-5-6;;;;;;/h6*1-5H;3*1H;;2*1H2/q;;;;;;;;;+3;;/p-1. The average Bonchev–Trinajstić information content (AvgIpc) is 3.01. The second kappa shape index (κ2) is 39.5. The molecule has 48 heavy (non-hydrogen) atoms. The Balaban J connectivity index is -0.000000108. The molecule has 6 aromatic rings. The third kappa shape index (κ3) is 36.8. The molecule has 0 bridgehead atoms. The van der Waals surface area contributed by atoms with Crippen molar-refractivity contribution in [2.75, 3.05) is 0 Å². The maximum Gasteiger partial charge on any atom is 3.00 e. The molecule has 0 saturated heterocycles. The third-order valence-electron chi connectivity index (χ3n) is 4.13. The summed E-state index contributed by atoms with van der Waals surface area (Å²) >= 11 is 0. The average molecular weight is 1010 g/mol. The molecule has 6 rings (SSSR count). The Hall–Kier alpha value is -3.67. The Morgan fingerprint density at radius 3 is 0.333 bits per heavy atom. The minimum absolute atomic E-state index is 0. The second-order valence-electron chi connectivity index (χ2n) is 7.41. The van der Waals surface area contributed by atoms with Crippen LogP contribution in [0.15, 0.2) is 184 Å². The van der Waals surface area contributed by atoms with Crippen LogP contribution in [0.3, 0.4) is 0 Å². The van der Waals surface area contributed by atoms with Crippen molar-refractivity contribution < 1.29 is 128 Å². The molecule has 0 spiro atoms. The molecule has 0 aliphatic carbocycles. The van der Waals surface area contributed by atoms with Crippen LogP contribution < -0.4 is 79.3 Å². The summed E-state index contributed by atoms with van der Waals surface area (Å²) < 4.78 is 4.50. The van der Waals surface area contributed by atoms with Gasteiger partial charge < -0.3 is 93.1 Å². The number of hydrogen-bond donors (Lipinski definition) is 0. The smallest absolute Gasteiger partial charge is 1.00 e. The molecule has 6 heterocycles. The molecule has 18 heteroatoms. The Kier molecular flexibility index (Phi) is 46.6. The fourth-order valence-electron chi connectivity index (χ4n) is 2.30. The molecule has 0 aromatic carbocycles. The van der Waals surface area contributed by atoms with Crippen molar-refractivity contribution in [3.05, 3.63) is 215 Å². The third-order valence-corrected chi connectivity index (χ3v) is 4.13. The van der Waals surface area contributed by atoms with Gasteiger partial charge in [-0.25, -0.2) is 0 Å². The predicted molar refractivity (Wildman–Crippen MR) is 162 cm³/mol. The zero-order valence-corrected chi connectivity index (χ0v) is 31.8. The number of aromatic nitrogens is 6. The fourth-order valence-corrected chi connectivity index (χ4v) is 2.30. The van der Waals surface area contributed by atoms with E-state index in [0.717, 1.165) is 28.4 Å². The second-order valence-corrected chi connectivity index (χ2v) is 7.41. The van der Waals surface area contributed by atoms with Gasteiger partial charge in [-0.1, -0.05) is 36.4 Å². The Labute approximate surface area is 340 Å². The van der Waals surface area contributed by atoms with Crippen molar-refractivity contribution in [1.29, 1.82) is 0 Å². The number of halogens is 3. The van der Waals surface area contributed by atoms with Gasteiger partial charge >= 0.3 is 38.2 Å². The molecule has 0 fully saturated rings. The van der Waals surface area contributed by atoms with E-state index in [1.807, 2.05) is 0 Å². The van der Waals surface area contributed by atoms with E-state index in [1.165, 1.54) is 74.4 Å². The molecule has 1 radical (unpaired) electrons. The summed E-state index contributed by atoms with van der Waals surface area (Å²) in [5.41, 5.74) is 0. The molecule has 0 unspecified atom stereocenters. The van der Waals surface area contributed by atoms with Gasteiger partial charge in [0.2, 0.25) is 0 Å². The topological polar surface area (TPSA) is 228 Å². The number of nitrogens with zero attached hydrogens (tertiary/aromatic N) is 6. The van der Waals surface area contributed by atoms with Crippen molar-refractivity contribution in [1.82, 2.24) is 0 Å². The quantitative estimate of drug-likeness (QED) is 0.0816. The molecule has 0 atom stereocenters. The van der Waals surface area contributed by atoms with Crippen LogP contribution in [0.5, 0.6) is 0 Å². The number of rotatable bonds is 0. The monoisotopic (exact) mass is 1010 g/mol. The van der Waals surface area contributed by atoms with Crippen LogP contribution in [0.25, 0.3) is 0 Å². The van der Waals surface area contributed by atoms with Crippen molar-refractivity contribution in [3.63, 3.8) is 0 Å². The van der Waals surface area contributed by atoms with Gasteiger partial charge in [0.1, 0.15) is 0 Å². The van der Waals surface area contributed by atoms with Crippen molar-refractivity contribution >= 4 is 0 Å². The van der Waals surface area contributed by atoms with E-state index in [0.29, 0.717) is 0 Å². The molecule has 6 aromatic heterocycles. The predicted octanol–water partition coefficient (Wildman–Crippen LogP) is -8.91. The van der Waals surface area contributed by atoms with E-state index in [-0.39, 0.29) is 100 Å². The summed E-state index contributed by atoms with van der Waals surface area (Å²) in [5.74, 6) is 0. The van der Waals surface area contributed by atoms with Gasteiger partial charge in [0.25, 0.3) is 0 Å². The van der Waals surface area contributed by atoms with Gasteiger partial charge in [0.15, 0.2) is 74.4 Å². The van der Waals surface area contributed by atoms with Crippen LogP contribution in [-0.2, 0) is 11.0 Å². The van der Waals surface area contributed by atoms with E-state index in [1.54, 1.807) is 109 Å². The SMILES string of the molecule is [Br-].[Br-].[Br-].[Dy+3].[O-][n+]1ccccc1.[O-][n+]1ccccc1.[O-][n+]1ccccc1.[O-][n+]1ccccc1.[O-][n+]1ccccc1.[O-][n+]1ccccc1.[OH3+].[OH3+]. The van der Waals surface area contributed by atoms with Crippen LogP contribution in [0, 0.1) is 69.4 Å². The number of pyridine rings is 6. The Morgan fingerprint density at radius 1 is 0.208 bits per heavy atom. The molecule has 6 N–H and O–H groups in total. The molecule has 0 amide bonds. The van der Waals surface area contributed by atoms with Crippen molar-refractivity contribution in [3.8, 4) is 0 Å². The van der Waals surface area contributed by atoms with Crippen molar-refractivity contribution in [2.24, 2.45) is 0 Å². The van der Waals surface area contributed by atoms with Gasteiger partial charge in [-0.2, -0.15) is 28.4 Å². The molecular formula is C30H36Br3DyN6O8+2. The summed E-state index contributed by atoms with van der Waals surface area (Å²) in [6.07, 6.45) is 17.3. The maximum absolute atomic E-state index is 10.2. The van der Waals surface area contributed by atoms with Crippen LogP contribution >= 0.6 is 0 Å². The number of hydrogen-bond acceptors (Lipinski definition) is 6. The molecule has 0 saturated carbocycles. The summed E-state index contributed by atoms with van der Waals surface area (Å²) in [6, 6.07) is 31.0. The minimum atomic E-state index is 0. The van der Waals surface area contributed by atoms with Gasteiger partial charge in [0, 0.05) is 72.8 Å². The zero-order valence-electron chi connectivity index (χ0n) is 25.1. The summed E-state index contributed by atoms with van der Waals surface area (Å²) in [4.78, 5) is 0. The molecular weight excluding hydrogens is 975 g/mol. The Bertz CT molecular complexity index is 1150. The van der Waals surface area contributed by atoms with E-state index >= 15 is 0 Å². The van der Waals surface area contributed by atoms with Gasteiger partial charge in [-0.05, 0) is 0 Å². The van der Waals surface area contributed by atoms with E-state index in [4.69, 9.17) is 0 Å². The van der Waals surface area contributed by atoms with Gasteiger partial charge in [-0.15, -0.1) is 0 Å². The van der Waals surface area contributed by atoms with Gasteiger partial charge in [-0.3, -0.25) is 0 Å². The fraction of sp³-hybridized carbons (Fsp3) is 0. The minimum Gasteiger partial charge on any atom is -1.00 e. The molecule has 14 nitrogen and oxygen atoms in total. The first-order chi connectivity index (χ1) is 20.4. The van der Waals surface area contributed by atoms with Crippen LogP contribution in [-0.4, -0.2) is 0 Å². The van der Waals surface area contributed by atoms with Crippen LogP contribution in [0.4, 0.5) is 0 Å². The van der Waals surface area contributed by atoms with Crippen molar-refractivity contribution in [2.45, 2.75) is 0 Å². The Morgan fingerprint density at radius 2 is 0.292 bits per heavy atom. The largest absolute Gasteiger partial charge is 3.00 e. The van der Waals surface area contributed by atoms with E-state index in [2.05, 4.69) is 0 Å². The molecule has 0 aliphatic rings. The molecule has 0 aliphatic heterocycles. The first-order valence-electron chi connectivity index (χ1n) is 12.2. The summed E-state index contributed by atoms with van der Waals surface area (Å²) in [7, 11) is 0. The molecule has 263 valence electrons. The normalized spacial score (nSPS) is 7.50. The van der Waals surface area contributed by atoms with Gasteiger partial charge in [0.05, 0.1) is 0 Å². The summed E-state index contributed by atoms with van der Waals surface area (Å²) in [5, 5.41) is 61.1. The van der Waals surface area contributed by atoms with E-state index in [9.17, 15) is 31.2 Å². The first-order valence-corrected chi connectivity index (χ1v) is 12.2. The van der Waals surface area contributed by atoms with Crippen LogP contribution in [0.2, 0.25) is 0 Å². The first kappa shape index (κ1) is 56.7. The summed E-state index contributed by atoms with van der Waals surface area (Å²) in [6.45, 7) is 0. The van der Waals surface area contributed by atoms with Crippen LogP contribution in [0.1, 0.15) is 0 Å². The van der Waals surface area contributed by atoms with E-state index < -0.39 is 0 Å². The zero-order chi connectivity index (χ0) is 30.7. The maximum atomic E-state index is 10.2.